The van der Waals surface area contributed by atoms with E-state index in [2.05, 4.69) is 21.3 Å². The van der Waals surface area contributed by atoms with E-state index in [4.69, 9.17) is 16.6 Å². The van der Waals surface area contributed by atoms with E-state index in [9.17, 15) is 38.7 Å². The molecule has 40 heavy (non-hydrogen) atoms. The highest BCUT2D eigenvalue weighted by molar-refractivity contribution is 5.95. The first-order valence-electron chi connectivity index (χ1n) is 12.4. The number of nitrogens with two attached hydrogens (primary N) is 2. The van der Waals surface area contributed by atoms with Crippen LogP contribution in [0.5, 0.6) is 0 Å². The van der Waals surface area contributed by atoms with Crippen molar-refractivity contribution >= 4 is 41.5 Å². The molecule has 0 fully saturated rings. The van der Waals surface area contributed by atoms with Gasteiger partial charge in [-0.15, -0.1) is 0 Å². The van der Waals surface area contributed by atoms with Crippen LogP contribution >= 0.6 is 0 Å². The average Bonchev–Trinajstić information content (AvgIpc) is 2.87. The third kappa shape index (κ3) is 12.3. The van der Waals surface area contributed by atoms with Crippen LogP contribution < -0.4 is 32.7 Å². The summed E-state index contributed by atoms with van der Waals surface area (Å²) in [6.07, 6.45) is -1.28. The normalized spacial score (nSPS) is 13.7. The molecular weight excluding hydrogens is 528 g/mol. The van der Waals surface area contributed by atoms with E-state index in [1.165, 1.54) is 0 Å². The number of aliphatic carboxylic acids is 2. The second kappa shape index (κ2) is 16.4. The van der Waals surface area contributed by atoms with Gasteiger partial charge in [-0.25, -0.2) is 4.79 Å². The van der Waals surface area contributed by atoms with E-state index < -0.39 is 90.9 Å². The molecule has 0 aliphatic carbocycles. The third-order valence-electron chi connectivity index (χ3n) is 5.63. The minimum atomic E-state index is -1.40. The largest absolute Gasteiger partial charge is 0.481 e. The zero-order chi connectivity index (χ0) is 30.4. The molecule has 0 aliphatic rings. The molecule has 0 aromatic heterocycles. The van der Waals surface area contributed by atoms with E-state index in [0.717, 1.165) is 0 Å². The van der Waals surface area contributed by atoms with Gasteiger partial charge in [0, 0.05) is 12.8 Å². The maximum absolute atomic E-state index is 12.9. The van der Waals surface area contributed by atoms with Crippen LogP contribution in [0.4, 0.5) is 0 Å². The van der Waals surface area contributed by atoms with Gasteiger partial charge in [-0.3, -0.25) is 28.8 Å². The summed E-state index contributed by atoms with van der Waals surface area (Å²) in [7, 11) is 0. The van der Waals surface area contributed by atoms with Gasteiger partial charge < -0.3 is 42.9 Å². The predicted octanol–water partition coefficient (Wildman–Crippen LogP) is -2.39. The van der Waals surface area contributed by atoms with Crippen molar-refractivity contribution in [3.63, 3.8) is 0 Å². The summed E-state index contributed by atoms with van der Waals surface area (Å²) in [5.74, 6) is -7.23. The number of carbonyl (C=O) groups excluding carboxylic acids is 5. The van der Waals surface area contributed by atoms with Crippen molar-refractivity contribution in [3.8, 4) is 0 Å². The van der Waals surface area contributed by atoms with Crippen molar-refractivity contribution in [2.45, 2.75) is 63.7 Å². The lowest BCUT2D eigenvalue weighted by Gasteiger charge is -2.23. The van der Waals surface area contributed by atoms with Gasteiger partial charge in [0.25, 0.3) is 0 Å². The van der Waals surface area contributed by atoms with Crippen molar-refractivity contribution in [3.05, 3.63) is 35.9 Å². The van der Waals surface area contributed by atoms with E-state index in [1.807, 2.05) is 0 Å². The highest BCUT2D eigenvalue weighted by Crippen LogP contribution is 2.06. The molecule has 0 aliphatic heterocycles. The molecule has 5 amide bonds. The minimum absolute atomic E-state index is 0.0126. The van der Waals surface area contributed by atoms with Crippen molar-refractivity contribution in [1.82, 2.24) is 21.3 Å². The van der Waals surface area contributed by atoms with Crippen molar-refractivity contribution in [2.75, 3.05) is 6.54 Å². The lowest BCUT2D eigenvalue weighted by Crippen LogP contribution is -2.56. The Bertz CT molecular complexity index is 1080. The van der Waals surface area contributed by atoms with Crippen LogP contribution in [0.25, 0.3) is 0 Å². The van der Waals surface area contributed by atoms with Gasteiger partial charge in [-0.1, -0.05) is 44.2 Å². The smallest absolute Gasteiger partial charge is 0.326 e. The number of primary amides is 1. The molecule has 0 saturated heterocycles. The molecule has 4 atom stereocenters. The summed E-state index contributed by atoms with van der Waals surface area (Å²) in [6.45, 7) is 2.46. The Balaban J connectivity index is 2.93. The summed E-state index contributed by atoms with van der Waals surface area (Å²) < 4.78 is 0. The predicted molar refractivity (Wildman–Crippen MR) is 140 cm³/mol. The van der Waals surface area contributed by atoms with Crippen LogP contribution in [-0.2, 0) is 40.0 Å². The number of hydrogen-bond donors (Lipinski definition) is 8. The number of carboxylic acid groups (broad SMARTS) is 2. The topological polar surface area (TPSA) is 260 Å². The first kappa shape index (κ1) is 33.5. The lowest BCUT2D eigenvalue weighted by molar-refractivity contribution is -0.144. The molecule has 220 valence electrons. The van der Waals surface area contributed by atoms with E-state index in [-0.39, 0.29) is 12.8 Å². The number of carboxylic acids is 2. The van der Waals surface area contributed by atoms with Crippen LogP contribution in [0.3, 0.4) is 0 Å². The highest BCUT2D eigenvalue weighted by Gasteiger charge is 2.30. The standard InChI is InChI=1S/C25H36N6O9/c1-13(2)21(25(39)40)31-24(38)16(8-9-20(34)35)29-19(33)12-28-23(37)17(10-14-6-4-3-5-7-14)30-22(36)15(26)11-18(27)32/h3-7,13,15-17,21H,8-12,26H2,1-2H3,(H2,27,32)(H,28,37)(H,29,33)(H,30,36)(H,31,38)(H,34,35)(H,39,40)/t15-,16-,17-,21-/m0/s1. The maximum Gasteiger partial charge on any atom is 0.326 e. The van der Waals surface area contributed by atoms with Crippen LogP contribution in [0, 0.1) is 5.92 Å². The molecule has 1 rings (SSSR count). The number of nitrogens with one attached hydrogen (secondary N) is 4. The van der Waals surface area contributed by atoms with E-state index in [0.29, 0.717) is 5.56 Å². The number of amides is 5. The van der Waals surface area contributed by atoms with Gasteiger partial charge in [0.15, 0.2) is 0 Å². The zero-order valence-corrected chi connectivity index (χ0v) is 22.2. The number of rotatable bonds is 17. The summed E-state index contributed by atoms with van der Waals surface area (Å²) in [4.78, 5) is 84.1. The van der Waals surface area contributed by atoms with Crippen LogP contribution in [0.2, 0.25) is 0 Å². The summed E-state index contributed by atoms with van der Waals surface area (Å²) in [5.41, 5.74) is 11.4. The van der Waals surface area contributed by atoms with E-state index in [1.54, 1.807) is 44.2 Å². The quantitative estimate of drug-likeness (QED) is 0.0995. The fourth-order valence-corrected chi connectivity index (χ4v) is 3.49. The second-order valence-electron chi connectivity index (χ2n) is 9.37. The van der Waals surface area contributed by atoms with Gasteiger partial charge in [-0.2, -0.15) is 0 Å². The fourth-order valence-electron chi connectivity index (χ4n) is 3.49. The van der Waals surface area contributed by atoms with Gasteiger partial charge in [0.1, 0.15) is 18.1 Å². The van der Waals surface area contributed by atoms with Crippen LogP contribution in [-0.4, -0.2) is 82.4 Å². The molecule has 1 aromatic rings. The summed E-state index contributed by atoms with van der Waals surface area (Å²) in [6, 6.07) is 3.42. The second-order valence-corrected chi connectivity index (χ2v) is 9.37. The molecular formula is C25H36N6O9. The molecule has 10 N–H and O–H groups in total. The zero-order valence-electron chi connectivity index (χ0n) is 22.2. The van der Waals surface area contributed by atoms with Crippen molar-refractivity contribution < 1.29 is 43.8 Å². The van der Waals surface area contributed by atoms with Crippen molar-refractivity contribution in [1.29, 1.82) is 0 Å². The Labute approximate surface area is 230 Å². The van der Waals surface area contributed by atoms with Crippen molar-refractivity contribution in [2.24, 2.45) is 17.4 Å². The Hall–Kier alpha value is -4.53. The first-order valence-corrected chi connectivity index (χ1v) is 12.4. The maximum atomic E-state index is 12.9. The molecule has 1 aromatic carbocycles. The molecule has 0 heterocycles. The number of carbonyl (C=O) groups is 7. The third-order valence-corrected chi connectivity index (χ3v) is 5.63. The molecule has 0 bridgehead atoms. The number of hydrogen-bond acceptors (Lipinski definition) is 8. The average molecular weight is 565 g/mol. The Morgan fingerprint density at radius 2 is 1.48 bits per heavy atom. The van der Waals surface area contributed by atoms with Gasteiger partial charge >= 0.3 is 11.9 Å². The summed E-state index contributed by atoms with van der Waals surface area (Å²) >= 11 is 0. The number of benzene rings is 1. The van der Waals surface area contributed by atoms with Gasteiger partial charge in [0.2, 0.25) is 29.5 Å². The first-order chi connectivity index (χ1) is 18.7. The van der Waals surface area contributed by atoms with Crippen LogP contribution in [0.1, 0.15) is 38.7 Å². The van der Waals surface area contributed by atoms with Gasteiger partial charge in [-0.05, 0) is 17.9 Å². The molecule has 0 spiro atoms. The Morgan fingerprint density at radius 1 is 0.850 bits per heavy atom. The van der Waals surface area contributed by atoms with Crippen LogP contribution in [0.15, 0.2) is 30.3 Å². The van der Waals surface area contributed by atoms with Gasteiger partial charge in [0.05, 0.1) is 19.0 Å². The molecule has 0 unspecified atom stereocenters. The molecule has 15 nitrogen and oxygen atoms in total. The molecule has 15 heteroatoms. The monoisotopic (exact) mass is 564 g/mol. The lowest BCUT2D eigenvalue weighted by atomic mass is 10.0. The fraction of sp³-hybridized carbons (Fsp3) is 0.480. The summed E-state index contributed by atoms with van der Waals surface area (Å²) in [5, 5.41) is 27.6. The van der Waals surface area contributed by atoms with E-state index >= 15 is 0 Å². The minimum Gasteiger partial charge on any atom is -0.481 e. The highest BCUT2D eigenvalue weighted by atomic mass is 16.4. The SMILES string of the molecule is CC(C)[C@H](NC(=O)[C@H](CCC(=O)O)NC(=O)CNC(=O)[C@H](Cc1ccccc1)NC(=O)[C@@H](N)CC(N)=O)C(=O)O. The molecule has 0 radical (unpaired) electrons. The Kier molecular flexibility index (Phi) is 13.8. The Morgan fingerprint density at radius 3 is 2.00 bits per heavy atom. The molecule has 0 saturated carbocycles.